The number of anilines is 1. The number of aryl methyl sites for hydroxylation is 1. The summed E-state index contributed by atoms with van der Waals surface area (Å²) in [6.45, 7) is 2.41. The van der Waals surface area contributed by atoms with Crippen LogP contribution in [-0.2, 0) is 9.84 Å². The van der Waals surface area contributed by atoms with Crippen LogP contribution < -0.4 is 5.32 Å². The van der Waals surface area contributed by atoms with Crippen molar-refractivity contribution in [3.05, 3.63) is 29.8 Å². The Labute approximate surface area is 123 Å². The number of aromatic nitrogens is 1. The van der Waals surface area contributed by atoms with Crippen LogP contribution in [0.15, 0.2) is 29.2 Å². The number of rotatable bonds is 5. The van der Waals surface area contributed by atoms with E-state index in [1.807, 2.05) is 19.2 Å². The van der Waals surface area contributed by atoms with Crippen LogP contribution in [-0.4, -0.2) is 38.2 Å². The molecule has 0 unspecified atom stereocenters. The lowest BCUT2D eigenvalue weighted by molar-refractivity contribution is 0.602. The minimum Gasteiger partial charge on any atom is -0.369 e. The molecule has 0 fully saturated rings. The molecule has 0 bridgehead atoms. The van der Waals surface area contributed by atoms with Gasteiger partial charge in [0, 0.05) is 23.1 Å². The Balaban J connectivity index is 2.26. The predicted molar refractivity (Wildman–Crippen MR) is 86.5 cm³/mol. The molecule has 4 nitrogen and oxygen atoms in total. The van der Waals surface area contributed by atoms with Gasteiger partial charge in [0.25, 0.3) is 0 Å². The highest BCUT2D eigenvalue weighted by atomic mass is 32.2. The monoisotopic (exact) mass is 310 g/mol. The number of nitrogens with one attached hydrogen (secondary N) is 1. The Bertz CT molecular complexity index is 727. The number of fused-ring (bicyclic) bond motifs is 1. The lowest BCUT2D eigenvalue weighted by atomic mass is 10.1. The third-order valence-corrected chi connectivity index (χ3v) is 4.67. The summed E-state index contributed by atoms with van der Waals surface area (Å²) in [4.78, 5) is 5.71. The van der Waals surface area contributed by atoms with Crippen molar-refractivity contribution in [3.8, 4) is 0 Å². The van der Waals surface area contributed by atoms with Crippen molar-refractivity contribution in [2.45, 2.75) is 11.8 Å². The zero-order valence-corrected chi connectivity index (χ0v) is 13.4. The zero-order chi connectivity index (χ0) is 14.8. The van der Waals surface area contributed by atoms with Crippen molar-refractivity contribution in [2.75, 3.05) is 30.1 Å². The van der Waals surface area contributed by atoms with Gasteiger partial charge in [0.1, 0.15) is 15.7 Å². The first-order valence-corrected chi connectivity index (χ1v) is 9.54. The second kappa shape index (κ2) is 6.01. The van der Waals surface area contributed by atoms with E-state index in [0.717, 1.165) is 27.2 Å². The van der Waals surface area contributed by atoms with Gasteiger partial charge in [0.05, 0.1) is 11.3 Å². The fraction of sp³-hybridized carbons (Fsp3) is 0.357. The summed E-state index contributed by atoms with van der Waals surface area (Å²) in [6.07, 6.45) is 3.26. The highest BCUT2D eigenvalue weighted by Gasteiger charge is 2.05. The van der Waals surface area contributed by atoms with Crippen LogP contribution in [0.2, 0.25) is 0 Å². The van der Waals surface area contributed by atoms with Crippen LogP contribution >= 0.6 is 11.8 Å². The van der Waals surface area contributed by atoms with E-state index in [4.69, 9.17) is 0 Å². The van der Waals surface area contributed by atoms with Crippen molar-refractivity contribution >= 4 is 38.3 Å². The molecule has 0 aliphatic heterocycles. The van der Waals surface area contributed by atoms with Gasteiger partial charge >= 0.3 is 0 Å². The Morgan fingerprint density at radius 3 is 2.70 bits per heavy atom. The molecule has 1 aromatic carbocycles. The fourth-order valence-corrected chi connectivity index (χ4v) is 2.87. The number of pyridine rings is 1. The SMILES string of the molecule is CSc1ccc2c(C)cc(NCCS(C)(=O)=O)nc2c1. The Morgan fingerprint density at radius 1 is 1.30 bits per heavy atom. The summed E-state index contributed by atoms with van der Waals surface area (Å²) < 4.78 is 22.2. The molecule has 0 radical (unpaired) electrons. The fourth-order valence-electron chi connectivity index (χ4n) is 1.96. The van der Waals surface area contributed by atoms with Crippen molar-refractivity contribution < 1.29 is 8.42 Å². The molecule has 20 heavy (non-hydrogen) atoms. The zero-order valence-electron chi connectivity index (χ0n) is 11.8. The first-order valence-electron chi connectivity index (χ1n) is 6.26. The van der Waals surface area contributed by atoms with Crippen LogP contribution in [0.3, 0.4) is 0 Å². The van der Waals surface area contributed by atoms with E-state index in [0.29, 0.717) is 6.54 Å². The minimum atomic E-state index is -2.95. The molecule has 2 aromatic rings. The number of hydrogen-bond acceptors (Lipinski definition) is 5. The van der Waals surface area contributed by atoms with Crippen LogP contribution in [0.4, 0.5) is 5.82 Å². The standard InChI is InChI=1S/C14H18N2O2S2/c1-10-8-14(15-6-7-20(3,17)18)16-13-9-11(19-2)4-5-12(10)13/h4-5,8-9H,6-7H2,1-3H3,(H,15,16). The van der Waals surface area contributed by atoms with Gasteiger partial charge in [-0.2, -0.15) is 0 Å². The van der Waals surface area contributed by atoms with E-state index in [1.165, 1.54) is 6.26 Å². The molecule has 0 aliphatic carbocycles. The second-order valence-corrected chi connectivity index (χ2v) is 7.90. The Hall–Kier alpha value is -1.27. The predicted octanol–water partition coefficient (Wildman–Crippen LogP) is 2.72. The molecule has 0 amide bonds. The third kappa shape index (κ3) is 3.86. The lowest BCUT2D eigenvalue weighted by Gasteiger charge is -2.09. The minimum absolute atomic E-state index is 0.108. The number of hydrogen-bond donors (Lipinski definition) is 1. The van der Waals surface area contributed by atoms with Gasteiger partial charge in [-0.1, -0.05) is 6.07 Å². The van der Waals surface area contributed by atoms with Crippen molar-refractivity contribution in [3.63, 3.8) is 0 Å². The highest BCUT2D eigenvalue weighted by Crippen LogP contribution is 2.24. The maximum absolute atomic E-state index is 11.1. The topological polar surface area (TPSA) is 59.1 Å². The average Bonchev–Trinajstić information content (AvgIpc) is 2.36. The van der Waals surface area contributed by atoms with Gasteiger partial charge in [-0.3, -0.25) is 0 Å². The van der Waals surface area contributed by atoms with Crippen LogP contribution in [0.1, 0.15) is 5.56 Å². The van der Waals surface area contributed by atoms with Gasteiger partial charge in [-0.05, 0) is 36.9 Å². The molecule has 6 heteroatoms. The molecule has 0 spiro atoms. The van der Waals surface area contributed by atoms with Crippen molar-refractivity contribution in [1.29, 1.82) is 0 Å². The molecule has 0 aliphatic rings. The van der Waals surface area contributed by atoms with Gasteiger partial charge in [0.2, 0.25) is 0 Å². The molecule has 1 aromatic heterocycles. The van der Waals surface area contributed by atoms with E-state index in [2.05, 4.69) is 28.5 Å². The summed E-state index contributed by atoms with van der Waals surface area (Å²) in [5.74, 6) is 0.827. The highest BCUT2D eigenvalue weighted by molar-refractivity contribution is 7.98. The quantitative estimate of drug-likeness (QED) is 0.861. The molecule has 0 saturated heterocycles. The van der Waals surface area contributed by atoms with E-state index in [1.54, 1.807) is 11.8 Å². The lowest BCUT2D eigenvalue weighted by Crippen LogP contribution is -2.14. The Morgan fingerprint density at radius 2 is 2.05 bits per heavy atom. The number of sulfone groups is 1. The van der Waals surface area contributed by atoms with Crippen molar-refractivity contribution in [2.24, 2.45) is 0 Å². The van der Waals surface area contributed by atoms with E-state index in [-0.39, 0.29) is 5.75 Å². The van der Waals surface area contributed by atoms with E-state index >= 15 is 0 Å². The second-order valence-electron chi connectivity index (χ2n) is 4.76. The molecular weight excluding hydrogens is 292 g/mol. The molecule has 0 atom stereocenters. The average molecular weight is 310 g/mol. The summed E-state index contributed by atoms with van der Waals surface area (Å²) >= 11 is 1.68. The van der Waals surface area contributed by atoms with E-state index in [9.17, 15) is 8.42 Å². The summed E-state index contributed by atoms with van der Waals surface area (Å²) in [7, 11) is -2.95. The molecular formula is C14H18N2O2S2. The third-order valence-electron chi connectivity index (χ3n) is 3.00. The molecule has 1 heterocycles. The first kappa shape index (κ1) is 15.1. The number of benzene rings is 1. The van der Waals surface area contributed by atoms with Gasteiger partial charge < -0.3 is 5.32 Å². The van der Waals surface area contributed by atoms with Crippen LogP contribution in [0.5, 0.6) is 0 Å². The summed E-state index contributed by atoms with van der Waals surface area (Å²) in [6, 6.07) is 8.15. The normalized spacial score (nSPS) is 11.8. The van der Waals surface area contributed by atoms with Gasteiger partial charge in [-0.15, -0.1) is 11.8 Å². The maximum Gasteiger partial charge on any atom is 0.149 e. The van der Waals surface area contributed by atoms with Gasteiger partial charge in [-0.25, -0.2) is 13.4 Å². The van der Waals surface area contributed by atoms with Crippen LogP contribution in [0.25, 0.3) is 10.9 Å². The maximum atomic E-state index is 11.1. The largest absolute Gasteiger partial charge is 0.369 e. The number of nitrogens with zero attached hydrogens (tertiary/aromatic N) is 1. The molecule has 2 rings (SSSR count). The molecule has 108 valence electrons. The van der Waals surface area contributed by atoms with Crippen LogP contribution in [0, 0.1) is 6.92 Å². The Kier molecular flexibility index (Phi) is 4.55. The van der Waals surface area contributed by atoms with E-state index < -0.39 is 9.84 Å². The van der Waals surface area contributed by atoms with Gasteiger partial charge in [0.15, 0.2) is 0 Å². The molecule has 1 N–H and O–H groups in total. The number of thioether (sulfide) groups is 1. The van der Waals surface area contributed by atoms with Crippen molar-refractivity contribution in [1.82, 2.24) is 4.98 Å². The summed E-state index contributed by atoms with van der Waals surface area (Å²) in [5.41, 5.74) is 2.06. The molecule has 0 saturated carbocycles. The first-order chi connectivity index (χ1) is 9.39. The smallest absolute Gasteiger partial charge is 0.149 e. The summed E-state index contributed by atoms with van der Waals surface area (Å²) in [5, 5.41) is 4.20.